The number of aromatic nitrogens is 3. The summed E-state index contributed by atoms with van der Waals surface area (Å²) in [5.74, 6) is 0.976. The van der Waals surface area contributed by atoms with Gasteiger partial charge in [-0.3, -0.25) is 4.79 Å². The predicted octanol–water partition coefficient (Wildman–Crippen LogP) is 4.13. The quantitative estimate of drug-likeness (QED) is 0.700. The van der Waals surface area contributed by atoms with Crippen molar-refractivity contribution in [2.24, 2.45) is 5.92 Å². The summed E-state index contributed by atoms with van der Waals surface area (Å²) in [4.78, 5) is 25.7. The fraction of sp³-hybridized carbons (Fsp3) is 0.333. The maximum Gasteiger partial charge on any atom is 0.271 e. The van der Waals surface area contributed by atoms with Crippen LogP contribution in [0.4, 0.5) is 0 Å². The van der Waals surface area contributed by atoms with Crippen LogP contribution in [0.2, 0.25) is 0 Å². The largest absolute Gasteiger partial charge is 0.347 e. The van der Waals surface area contributed by atoms with Crippen molar-refractivity contribution in [1.82, 2.24) is 20.3 Å². The summed E-state index contributed by atoms with van der Waals surface area (Å²) >= 11 is 1.40. The van der Waals surface area contributed by atoms with E-state index in [4.69, 9.17) is 0 Å². The Balaban J connectivity index is 1.49. The standard InChI is InChI=1S/C21H22N4OS/c26-20(18-14-27-21(25-18)19-22-11-6-12-23-19)24-17(16-9-4-5-10-16)13-15-7-2-1-3-8-15/h1-3,6-8,11-12,14,16-17H,4-5,9-10,13H2,(H,24,26). The number of amides is 1. The van der Waals surface area contributed by atoms with E-state index >= 15 is 0 Å². The van der Waals surface area contributed by atoms with Crippen LogP contribution in [0.3, 0.4) is 0 Å². The number of rotatable bonds is 6. The van der Waals surface area contributed by atoms with Gasteiger partial charge in [0, 0.05) is 23.8 Å². The average Bonchev–Trinajstić information content (AvgIpc) is 3.41. The van der Waals surface area contributed by atoms with Crippen molar-refractivity contribution in [1.29, 1.82) is 0 Å². The minimum atomic E-state index is -0.110. The summed E-state index contributed by atoms with van der Waals surface area (Å²) in [6.45, 7) is 0. The van der Waals surface area contributed by atoms with Gasteiger partial charge in [-0.15, -0.1) is 11.3 Å². The van der Waals surface area contributed by atoms with Crippen molar-refractivity contribution in [3.63, 3.8) is 0 Å². The smallest absolute Gasteiger partial charge is 0.271 e. The third-order valence-electron chi connectivity index (χ3n) is 5.08. The minimum absolute atomic E-state index is 0.110. The Morgan fingerprint density at radius 1 is 1.11 bits per heavy atom. The van der Waals surface area contributed by atoms with E-state index in [-0.39, 0.29) is 11.9 Å². The normalized spacial score (nSPS) is 15.6. The van der Waals surface area contributed by atoms with Crippen LogP contribution in [0.15, 0.2) is 54.2 Å². The Morgan fingerprint density at radius 3 is 2.59 bits per heavy atom. The zero-order valence-electron chi connectivity index (χ0n) is 15.0. The van der Waals surface area contributed by atoms with Gasteiger partial charge >= 0.3 is 0 Å². The van der Waals surface area contributed by atoms with Crippen LogP contribution in [0.25, 0.3) is 10.8 Å². The fourth-order valence-corrected chi connectivity index (χ4v) is 4.44. The van der Waals surface area contributed by atoms with Gasteiger partial charge in [0.2, 0.25) is 0 Å². The van der Waals surface area contributed by atoms with E-state index in [2.05, 4.69) is 44.5 Å². The predicted molar refractivity (Wildman–Crippen MR) is 106 cm³/mol. The summed E-state index contributed by atoms with van der Waals surface area (Å²) in [7, 11) is 0. The number of nitrogens with zero attached hydrogens (tertiary/aromatic N) is 3. The summed E-state index contributed by atoms with van der Waals surface area (Å²) in [5.41, 5.74) is 1.70. The number of benzene rings is 1. The summed E-state index contributed by atoms with van der Waals surface area (Å²) in [5, 5.41) is 5.71. The molecule has 0 radical (unpaired) electrons. The number of carbonyl (C=O) groups is 1. The van der Waals surface area contributed by atoms with Gasteiger partial charge in [-0.2, -0.15) is 0 Å². The molecule has 0 aliphatic heterocycles. The lowest BCUT2D eigenvalue weighted by molar-refractivity contribution is 0.0917. The average molecular weight is 379 g/mol. The first-order chi connectivity index (χ1) is 13.3. The molecule has 5 nitrogen and oxygen atoms in total. The topological polar surface area (TPSA) is 67.8 Å². The zero-order valence-corrected chi connectivity index (χ0v) is 15.9. The lowest BCUT2D eigenvalue weighted by Gasteiger charge is -2.24. The lowest BCUT2D eigenvalue weighted by atomic mass is 9.92. The monoisotopic (exact) mass is 378 g/mol. The van der Waals surface area contributed by atoms with E-state index in [1.165, 1.54) is 42.6 Å². The third-order valence-corrected chi connectivity index (χ3v) is 5.92. The second kappa shape index (κ2) is 8.39. The molecule has 4 rings (SSSR count). The number of carbonyl (C=O) groups excluding carboxylic acids is 1. The van der Waals surface area contributed by atoms with E-state index < -0.39 is 0 Å². The highest BCUT2D eigenvalue weighted by Gasteiger charge is 2.27. The first-order valence-electron chi connectivity index (χ1n) is 9.37. The molecular formula is C21H22N4OS. The van der Waals surface area contributed by atoms with Gasteiger partial charge in [0.15, 0.2) is 10.8 Å². The van der Waals surface area contributed by atoms with Gasteiger partial charge in [-0.25, -0.2) is 15.0 Å². The molecule has 1 aromatic carbocycles. The van der Waals surface area contributed by atoms with Gasteiger partial charge in [0.05, 0.1) is 0 Å². The highest BCUT2D eigenvalue weighted by Crippen LogP contribution is 2.29. The molecule has 0 bridgehead atoms. The Morgan fingerprint density at radius 2 is 1.85 bits per heavy atom. The van der Waals surface area contributed by atoms with Gasteiger partial charge in [0.25, 0.3) is 5.91 Å². The van der Waals surface area contributed by atoms with Crippen molar-refractivity contribution in [3.05, 3.63) is 65.4 Å². The van der Waals surface area contributed by atoms with Gasteiger partial charge in [-0.1, -0.05) is 43.2 Å². The molecule has 1 aliphatic carbocycles. The van der Waals surface area contributed by atoms with Crippen LogP contribution in [0.1, 0.15) is 41.7 Å². The van der Waals surface area contributed by atoms with E-state index in [0.717, 1.165) is 6.42 Å². The number of thiazole rings is 1. The molecule has 6 heteroatoms. The molecular weight excluding hydrogens is 356 g/mol. The van der Waals surface area contributed by atoms with Crippen LogP contribution in [0.5, 0.6) is 0 Å². The van der Waals surface area contributed by atoms with E-state index in [1.54, 1.807) is 23.8 Å². The van der Waals surface area contributed by atoms with Crippen molar-refractivity contribution in [2.45, 2.75) is 38.1 Å². The van der Waals surface area contributed by atoms with Gasteiger partial charge in [-0.05, 0) is 36.8 Å². The Labute approximate surface area is 162 Å². The van der Waals surface area contributed by atoms with Crippen molar-refractivity contribution < 1.29 is 4.79 Å². The molecule has 2 heterocycles. The van der Waals surface area contributed by atoms with Crippen LogP contribution in [-0.2, 0) is 6.42 Å². The lowest BCUT2D eigenvalue weighted by Crippen LogP contribution is -2.41. The molecule has 2 aromatic heterocycles. The third kappa shape index (κ3) is 4.39. The maximum absolute atomic E-state index is 12.8. The second-order valence-electron chi connectivity index (χ2n) is 6.92. The van der Waals surface area contributed by atoms with Crippen LogP contribution in [-0.4, -0.2) is 26.9 Å². The van der Waals surface area contributed by atoms with Crippen molar-refractivity contribution >= 4 is 17.2 Å². The van der Waals surface area contributed by atoms with Gasteiger partial charge in [0.1, 0.15) is 5.69 Å². The SMILES string of the molecule is O=C(NC(Cc1ccccc1)C1CCCC1)c1csc(-c2ncccn2)n1. The molecule has 0 spiro atoms. The fourth-order valence-electron chi connectivity index (χ4n) is 3.70. The zero-order chi connectivity index (χ0) is 18.5. The van der Waals surface area contributed by atoms with Crippen LogP contribution >= 0.6 is 11.3 Å². The van der Waals surface area contributed by atoms with Crippen molar-refractivity contribution in [2.75, 3.05) is 0 Å². The first-order valence-corrected chi connectivity index (χ1v) is 10.3. The summed E-state index contributed by atoms with van der Waals surface area (Å²) < 4.78 is 0. The van der Waals surface area contributed by atoms with Crippen molar-refractivity contribution in [3.8, 4) is 10.8 Å². The Hall–Kier alpha value is -2.60. The molecule has 3 aromatic rings. The summed E-state index contributed by atoms with van der Waals surface area (Å²) in [6.07, 6.45) is 9.07. The highest BCUT2D eigenvalue weighted by molar-refractivity contribution is 7.13. The molecule has 27 heavy (non-hydrogen) atoms. The molecule has 1 amide bonds. The molecule has 1 unspecified atom stereocenters. The molecule has 1 fully saturated rings. The van der Waals surface area contributed by atoms with E-state index in [9.17, 15) is 4.79 Å². The second-order valence-corrected chi connectivity index (χ2v) is 7.78. The number of nitrogens with one attached hydrogen (secondary N) is 1. The molecule has 0 saturated heterocycles. The Bertz CT molecular complexity index is 875. The highest BCUT2D eigenvalue weighted by atomic mass is 32.1. The van der Waals surface area contributed by atoms with E-state index in [0.29, 0.717) is 22.4 Å². The molecule has 138 valence electrons. The molecule has 1 saturated carbocycles. The summed E-state index contributed by atoms with van der Waals surface area (Å²) in [6, 6.07) is 12.3. The number of hydrogen-bond acceptors (Lipinski definition) is 5. The minimum Gasteiger partial charge on any atom is -0.347 e. The first kappa shape index (κ1) is 17.8. The molecule has 1 atom stereocenters. The van der Waals surface area contributed by atoms with Gasteiger partial charge < -0.3 is 5.32 Å². The Kier molecular flexibility index (Phi) is 5.53. The molecule has 1 N–H and O–H groups in total. The van der Waals surface area contributed by atoms with Crippen LogP contribution < -0.4 is 5.32 Å². The van der Waals surface area contributed by atoms with E-state index in [1.807, 2.05) is 6.07 Å². The maximum atomic E-state index is 12.8. The van der Waals surface area contributed by atoms with Crippen LogP contribution in [0, 0.1) is 5.92 Å². The number of hydrogen-bond donors (Lipinski definition) is 1. The molecule has 1 aliphatic rings.